The van der Waals surface area contributed by atoms with Crippen molar-refractivity contribution in [2.45, 2.75) is 13.8 Å². The van der Waals surface area contributed by atoms with Gasteiger partial charge in [-0.25, -0.2) is 18.7 Å². The third-order valence-electron chi connectivity index (χ3n) is 10.8. The van der Waals surface area contributed by atoms with E-state index in [0.29, 0.717) is 27.7 Å². The van der Waals surface area contributed by atoms with Crippen molar-refractivity contribution < 1.29 is 23.1 Å². The first-order chi connectivity index (χ1) is 32.6. The summed E-state index contributed by atoms with van der Waals surface area (Å²) in [7, 11) is 0.833. The number of carbonyl (C=O) groups is 2. The van der Waals surface area contributed by atoms with Crippen LogP contribution in [0.15, 0.2) is 195 Å². The summed E-state index contributed by atoms with van der Waals surface area (Å²) in [5, 5.41) is 6.16. The molecule has 0 bridgehead atoms. The number of anilines is 2. The summed E-state index contributed by atoms with van der Waals surface area (Å²) in [6.45, 7) is 3.77. The summed E-state index contributed by atoms with van der Waals surface area (Å²) in [5.74, 6) is -1.19. The van der Waals surface area contributed by atoms with Crippen molar-refractivity contribution in [1.29, 1.82) is 0 Å². The fourth-order valence-corrected chi connectivity index (χ4v) is 7.51. The van der Waals surface area contributed by atoms with E-state index in [1.54, 1.807) is 34.9 Å². The van der Waals surface area contributed by atoms with E-state index in [4.69, 9.17) is 11.6 Å². The molecule has 10 rings (SSSR count). The van der Waals surface area contributed by atoms with Gasteiger partial charge in [0.1, 0.15) is 28.1 Å². The number of halogens is 3. The number of nitrogens with zero attached hydrogens (tertiary/aromatic N) is 4. The SMILES string of the molecule is Cc1ccc(-c2cccn3c(-c4ccccc4)cnc23)cc1C(=O)Nc1ccc(F)cc1.Cc1ccc(-c2cccn3c(Cl)cnc23)cc1C(=O)Nc1ccc(F)cc1.O=Bc1ccccc1. The first kappa shape index (κ1) is 45.2. The van der Waals surface area contributed by atoms with Gasteiger partial charge in [-0.2, -0.15) is 0 Å². The summed E-state index contributed by atoms with van der Waals surface area (Å²) in [6.07, 6.45) is 7.29. The van der Waals surface area contributed by atoms with Gasteiger partial charge >= 0.3 is 47.6 Å². The zero-order valence-electron chi connectivity index (χ0n) is 36.2. The number of benzene rings is 6. The molecule has 4 aromatic heterocycles. The Hall–Kier alpha value is -8.35. The maximum atomic E-state index is 13.2. The van der Waals surface area contributed by atoms with Gasteiger partial charge in [0.05, 0.1) is 18.1 Å². The van der Waals surface area contributed by atoms with Gasteiger partial charge in [0.25, 0.3) is 11.8 Å². The Morgan fingerprint density at radius 1 is 0.537 bits per heavy atom. The number of rotatable bonds is 8. The zero-order chi connectivity index (χ0) is 46.9. The molecule has 0 aliphatic rings. The van der Waals surface area contributed by atoms with Gasteiger partial charge in [-0.15, -0.1) is 0 Å². The van der Waals surface area contributed by atoms with E-state index < -0.39 is 0 Å². The Morgan fingerprint density at radius 2 is 1.00 bits per heavy atom. The molecule has 2 N–H and O–H groups in total. The number of hydrogen-bond acceptors (Lipinski definition) is 5. The van der Waals surface area contributed by atoms with E-state index in [9.17, 15) is 23.1 Å². The standard InChI is InChI=1S/C27H20FN3O.C21H15ClFN3O.C6H5BO/c1-18-9-10-20(16-24(18)27(32)30-22-13-11-21(28)12-14-22)23-8-5-15-31-25(17-29-26(23)31)19-6-3-2-4-7-19;1-13-4-5-14(17-3-2-10-26-19(22)12-24-20(17)26)11-18(13)21(27)25-16-8-6-15(23)7-9-16;8-7-6-4-2-1-3-5-6/h2-17H,1H3,(H,30,32);2-12H,1H3,(H,25,27);1-5H. The molecule has 0 saturated heterocycles. The van der Waals surface area contributed by atoms with Crippen molar-refractivity contribution in [2.24, 2.45) is 0 Å². The van der Waals surface area contributed by atoms with Crippen molar-refractivity contribution in [3.05, 3.63) is 234 Å². The molecule has 0 saturated carbocycles. The summed E-state index contributed by atoms with van der Waals surface area (Å²) in [4.78, 5) is 34.7. The molecule has 0 aliphatic heterocycles. The third kappa shape index (κ3) is 10.6. The second-order valence-corrected chi connectivity index (χ2v) is 15.7. The Kier molecular flexibility index (Phi) is 13.9. The van der Waals surface area contributed by atoms with E-state index in [-0.39, 0.29) is 23.4 Å². The van der Waals surface area contributed by atoms with E-state index in [0.717, 1.165) is 68.5 Å². The first-order valence-corrected chi connectivity index (χ1v) is 21.4. The predicted octanol–water partition coefficient (Wildman–Crippen LogP) is 12.1. The van der Waals surface area contributed by atoms with Crippen LogP contribution in [0.5, 0.6) is 0 Å². The summed E-state index contributed by atoms with van der Waals surface area (Å²) < 4.78 is 40.1. The summed E-state index contributed by atoms with van der Waals surface area (Å²) >= 11 is 6.15. The molecule has 67 heavy (non-hydrogen) atoms. The normalized spacial score (nSPS) is 10.6. The van der Waals surface area contributed by atoms with Crippen molar-refractivity contribution >= 4 is 58.7 Å². The van der Waals surface area contributed by atoms with Crippen LogP contribution in [0, 0.1) is 25.5 Å². The Labute approximate surface area is 390 Å². The fraction of sp³-hybridized carbons (Fsp3) is 0.0370. The van der Waals surface area contributed by atoms with Gasteiger partial charge in [0.2, 0.25) is 0 Å². The molecule has 328 valence electrons. The zero-order valence-corrected chi connectivity index (χ0v) is 37.0. The van der Waals surface area contributed by atoms with Gasteiger partial charge in [-0.05, 0) is 121 Å². The van der Waals surface area contributed by atoms with Crippen LogP contribution >= 0.6 is 11.6 Å². The molecular weight excluding hydrogens is 865 g/mol. The predicted molar refractivity (Wildman–Crippen MR) is 262 cm³/mol. The van der Waals surface area contributed by atoms with Gasteiger partial charge in [0, 0.05) is 51.6 Å². The molecule has 0 spiro atoms. The number of aromatic nitrogens is 4. The third-order valence-corrected chi connectivity index (χ3v) is 11.1. The quantitative estimate of drug-likeness (QED) is 0.148. The minimum absolute atomic E-state index is 0.240. The van der Waals surface area contributed by atoms with Crippen LogP contribution in [-0.4, -0.2) is 37.7 Å². The number of imidazole rings is 2. The van der Waals surface area contributed by atoms with Crippen LogP contribution in [0.1, 0.15) is 31.8 Å². The molecule has 0 fully saturated rings. The van der Waals surface area contributed by atoms with Crippen molar-refractivity contribution in [3.8, 4) is 33.5 Å². The van der Waals surface area contributed by atoms with E-state index >= 15 is 0 Å². The van der Waals surface area contributed by atoms with Crippen molar-refractivity contribution in [3.63, 3.8) is 0 Å². The van der Waals surface area contributed by atoms with Crippen molar-refractivity contribution in [1.82, 2.24) is 18.8 Å². The van der Waals surface area contributed by atoms with Crippen LogP contribution in [-0.2, 0) is 4.70 Å². The topological polar surface area (TPSA) is 110 Å². The molecule has 2 amide bonds. The average Bonchev–Trinajstić information content (AvgIpc) is 3.98. The average molecular weight is 905 g/mol. The Bertz CT molecular complexity index is 3360. The Morgan fingerprint density at radius 3 is 1.49 bits per heavy atom. The Balaban J connectivity index is 0.000000157. The molecule has 9 nitrogen and oxygen atoms in total. The molecule has 0 radical (unpaired) electrons. The number of amides is 2. The monoisotopic (exact) mass is 904 g/mol. The van der Waals surface area contributed by atoms with Gasteiger partial charge in [-0.1, -0.05) is 66.2 Å². The van der Waals surface area contributed by atoms with Crippen LogP contribution in [0.2, 0.25) is 5.15 Å². The van der Waals surface area contributed by atoms with Gasteiger partial charge in [-0.3, -0.25) is 18.4 Å². The summed E-state index contributed by atoms with van der Waals surface area (Å²) in [5.41, 5.74) is 11.8. The number of pyridine rings is 2. The number of nitrogens with one attached hydrogen (secondary N) is 2. The van der Waals surface area contributed by atoms with Crippen LogP contribution < -0.4 is 16.1 Å². The van der Waals surface area contributed by atoms with Crippen molar-refractivity contribution in [2.75, 3.05) is 10.6 Å². The first-order valence-electron chi connectivity index (χ1n) is 21.1. The number of carbonyl (C=O) groups excluding carboxylic acids is 2. The van der Waals surface area contributed by atoms with E-state index in [1.165, 1.54) is 36.4 Å². The van der Waals surface area contributed by atoms with Crippen LogP contribution in [0.3, 0.4) is 0 Å². The molecule has 6 aromatic carbocycles. The number of aryl methyl sites for hydroxylation is 2. The maximum absolute atomic E-state index is 13.2. The fourth-order valence-electron chi connectivity index (χ4n) is 7.33. The minimum atomic E-state index is -0.349. The second kappa shape index (κ2) is 20.7. The molecule has 0 atom stereocenters. The van der Waals surface area contributed by atoms with Gasteiger partial charge < -0.3 is 10.6 Å². The molecule has 10 aromatic rings. The van der Waals surface area contributed by atoms with Gasteiger partial charge in [0.15, 0.2) is 0 Å². The van der Waals surface area contributed by atoms with Crippen LogP contribution in [0.25, 0.3) is 44.8 Å². The molecule has 13 heteroatoms. The van der Waals surface area contributed by atoms with E-state index in [1.807, 2.05) is 129 Å². The number of hydrogen-bond donors (Lipinski definition) is 2. The molecular formula is C54H40BClF2N6O3. The van der Waals surface area contributed by atoms with Crippen LogP contribution in [0.4, 0.5) is 20.2 Å². The molecule has 0 unspecified atom stereocenters. The summed E-state index contributed by atoms with van der Waals surface area (Å²) in [6, 6.07) is 49.9. The number of fused-ring (bicyclic) bond motifs is 2. The second-order valence-electron chi connectivity index (χ2n) is 15.3. The molecule has 4 heterocycles. The molecule has 0 aliphatic carbocycles. The van der Waals surface area contributed by atoms with E-state index in [2.05, 4.69) is 37.1 Å².